The fourth-order valence-corrected chi connectivity index (χ4v) is 3.17. The number of hydrogen-bond acceptors (Lipinski definition) is 3. The summed E-state index contributed by atoms with van der Waals surface area (Å²) >= 11 is 3.34. The largest absolute Gasteiger partial charge is 0.493 e. The van der Waals surface area contributed by atoms with E-state index < -0.39 is 16.8 Å². The maximum atomic E-state index is 12.1. The molecule has 0 aliphatic carbocycles. The van der Waals surface area contributed by atoms with Crippen molar-refractivity contribution in [3.63, 3.8) is 0 Å². The Balaban J connectivity index is 1.86. The molecule has 0 saturated carbocycles. The van der Waals surface area contributed by atoms with Crippen LogP contribution in [-0.2, 0) is 10.8 Å². The molecule has 1 atom stereocenters. The number of rotatable bonds is 6. The molecule has 1 unspecified atom stereocenters. The predicted octanol–water partition coefficient (Wildman–Crippen LogP) is 3.33. The van der Waals surface area contributed by atoms with E-state index in [1.807, 2.05) is 24.3 Å². The van der Waals surface area contributed by atoms with Gasteiger partial charge in [-0.05, 0) is 42.5 Å². The molecule has 0 aliphatic rings. The van der Waals surface area contributed by atoms with Gasteiger partial charge in [0.05, 0.1) is 22.1 Å². The standard InChI is InChI=1S/C15H13BrO4S/c16-12-2-1-3-14(10-12)21(19)9-8-20-13-6-4-11(5-7-13)15(17)18/h1-7,10H,8-9H2,(H,17,18). The zero-order chi connectivity index (χ0) is 15.2. The minimum atomic E-state index is -1.13. The average Bonchev–Trinajstić information content (AvgIpc) is 2.47. The van der Waals surface area contributed by atoms with Crippen LogP contribution in [0.1, 0.15) is 10.4 Å². The summed E-state index contributed by atoms with van der Waals surface area (Å²) in [5.41, 5.74) is 0.208. The van der Waals surface area contributed by atoms with E-state index in [4.69, 9.17) is 9.84 Å². The van der Waals surface area contributed by atoms with Crippen molar-refractivity contribution in [1.29, 1.82) is 0 Å². The summed E-state index contributed by atoms with van der Waals surface area (Å²) in [6.07, 6.45) is 0. The first-order chi connectivity index (χ1) is 10.1. The molecule has 0 heterocycles. The summed E-state index contributed by atoms with van der Waals surface area (Å²) < 4.78 is 18.4. The Labute approximate surface area is 133 Å². The lowest BCUT2D eigenvalue weighted by Crippen LogP contribution is -2.08. The topological polar surface area (TPSA) is 63.6 Å². The Morgan fingerprint density at radius 3 is 2.52 bits per heavy atom. The monoisotopic (exact) mass is 368 g/mol. The number of carbonyl (C=O) groups is 1. The Kier molecular flexibility index (Phi) is 5.52. The zero-order valence-electron chi connectivity index (χ0n) is 11.0. The van der Waals surface area contributed by atoms with Crippen LogP contribution in [0.2, 0.25) is 0 Å². The van der Waals surface area contributed by atoms with Crippen LogP contribution in [0.25, 0.3) is 0 Å². The minimum absolute atomic E-state index is 0.208. The Morgan fingerprint density at radius 1 is 1.19 bits per heavy atom. The van der Waals surface area contributed by atoms with Crippen LogP contribution >= 0.6 is 15.9 Å². The van der Waals surface area contributed by atoms with E-state index in [1.54, 1.807) is 12.1 Å². The SMILES string of the molecule is O=C(O)c1ccc(OCCS(=O)c2cccc(Br)c2)cc1. The van der Waals surface area contributed by atoms with Gasteiger partial charge in [0, 0.05) is 9.37 Å². The van der Waals surface area contributed by atoms with Crippen LogP contribution in [0.5, 0.6) is 5.75 Å². The van der Waals surface area contributed by atoms with Crippen molar-refractivity contribution < 1.29 is 18.8 Å². The third-order valence-electron chi connectivity index (χ3n) is 2.70. The lowest BCUT2D eigenvalue weighted by molar-refractivity contribution is 0.0697. The normalized spacial score (nSPS) is 11.9. The molecule has 6 heteroatoms. The van der Waals surface area contributed by atoms with E-state index in [0.717, 1.165) is 9.37 Å². The van der Waals surface area contributed by atoms with Crippen molar-refractivity contribution in [2.75, 3.05) is 12.4 Å². The van der Waals surface area contributed by atoms with Crippen LogP contribution in [0.15, 0.2) is 57.9 Å². The van der Waals surface area contributed by atoms with Crippen molar-refractivity contribution in [2.24, 2.45) is 0 Å². The maximum Gasteiger partial charge on any atom is 0.335 e. The molecule has 1 N–H and O–H groups in total. The number of hydrogen-bond donors (Lipinski definition) is 1. The summed E-state index contributed by atoms with van der Waals surface area (Å²) in [6.45, 7) is 0.297. The molecule has 0 amide bonds. The quantitative estimate of drug-likeness (QED) is 0.849. The Hall–Kier alpha value is -1.66. The molecule has 4 nitrogen and oxygen atoms in total. The highest BCUT2D eigenvalue weighted by molar-refractivity contribution is 9.10. The van der Waals surface area contributed by atoms with Crippen molar-refractivity contribution >= 4 is 32.7 Å². The van der Waals surface area contributed by atoms with Crippen molar-refractivity contribution in [3.05, 3.63) is 58.6 Å². The molecule has 0 radical (unpaired) electrons. The van der Waals surface area contributed by atoms with Crippen molar-refractivity contribution in [3.8, 4) is 5.75 Å². The molecule has 110 valence electrons. The summed E-state index contributed by atoms with van der Waals surface area (Å²) in [7, 11) is -1.13. The van der Waals surface area contributed by atoms with Gasteiger partial charge in [-0.15, -0.1) is 0 Å². The molecule has 0 aliphatic heterocycles. The molecule has 2 aromatic rings. The lowest BCUT2D eigenvalue weighted by Gasteiger charge is -2.07. The second-order valence-corrected chi connectivity index (χ2v) is 6.67. The van der Waals surface area contributed by atoms with E-state index in [1.165, 1.54) is 12.1 Å². The predicted molar refractivity (Wildman–Crippen MR) is 84.3 cm³/mol. The second kappa shape index (κ2) is 7.38. The molecule has 2 rings (SSSR count). The van der Waals surface area contributed by atoms with Gasteiger partial charge in [-0.1, -0.05) is 22.0 Å². The lowest BCUT2D eigenvalue weighted by atomic mass is 10.2. The fraction of sp³-hybridized carbons (Fsp3) is 0.133. The minimum Gasteiger partial charge on any atom is -0.493 e. The van der Waals surface area contributed by atoms with Gasteiger partial charge in [-0.25, -0.2) is 4.79 Å². The van der Waals surface area contributed by atoms with E-state index in [9.17, 15) is 9.00 Å². The molecule has 0 fully saturated rings. The summed E-state index contributed by atoms with van der Waals surface area (Å²) in [5, 5.41) is 8.79. The second-order valence-electron chi connectivity index (χ2n) is 4.19. The average molecular weight is 369 g/mol. The van der Waals surface area contributed by atoms with Crippen LogP contribution in [0, 0.1) is 0 Å². The molecule has 0 aromatic heterocycles. The van der Waals surface area contributed by atoms with E-state index in [-0.39, 0.29) is 5.56 Å². The van der Waals surface area contributed by atoms with Crippen LogP contribution < -0.4 is 4.74 Å². The van der Waals surface area contributed by atoms with Gasteiger partial charge in [0.1, 0.15) is 12.4 Å². The molecule has 0 saturated heterocycles. The number of carboxylic acid groups (broad SMARTS) is 1. The van der Waals surface area contributed by atoms with Gasteiger partial charge in [-0.3, -0.25) is 4.21 Å². The number of ether oxygens (including phenoxy) is 1. The molecular formula is C15H13BrO4S. The first-order valence-corrected chi connectivity index (χ1v) is 8.27. The van der Waals surface area contributed by atoms with E-state index in [2.05, 4.69) is 15.9 Å². The number of aromatic carboxylic acids is 1. The summed E-state index contributed by atoms with van der Waals surface area (Å²) in [5.74, 6) is -0.0412. The van der Waals surface area contributed by atoms with Gasteiger partial charge in [-0.2, -0.15) is 0 Å². The molecule has 0 bridgehead atoms. The number of benzene rings is 2. The van der Waals surface area contributed by atoms with Crippen LogP contribution in [0.3, 0.4) is 0 Å². The van der Waals surface area contributed by atoms with E-state index in [0.29, 0.717) is 18.1 Å². The Bertz CT molecular complexity index is 655. The fourth-order valence-electron chi connectivity index (χ4n) is 1.66. The van der Waals surface area contributed by atoms with Crippen LogP contribution in [0.4, 0.5) is 0 Å². The number of carboxylic acids is 1. The summed E-state index contributed by atoms with van der Waals surface area (Å²) in [4.78, 5) is 11.5. The van der Waals surface area contributed by atoms with Gasteiger partial charge in [0.15, 0.2) is 0 Å². The van der Waals surface area contributed by atoms with Gasteiger partial charge in [0.2, 0.25) is 0 Å². The molecule has 21 heavy (non-hydrogen) atoms. The first kappa shape index (κ1) is 15.7. The van der Waals surface area contributed by atoms with Gasteiger partial charge in [0.25, 0.3) is 0 Å². The molecular weight excluding hydrogens is 356 g/mol. The summed E-state index contributed by atoms with van der Waals surface area (Å²) in [6, 6.07) is 13.5. The first-order valence-electron chi connectivity index (χ1n) is 6.16. The highest BCUT2D eigenvalue weighted by atomic mass is 79.9. The van der Waals surface area contributed by atoms with Crippen molar-refractivity contribution in [2.45, 2.75) is 4.90 Å². The highest BCUT2D eigenvalue weighted by Gasteiger charge is 2.06. The maximum absolute atomic E-state index is 12.1. The Morgan fingerprint density at radius 2 is 1.90 bits per heavy atom. The van der Waals surface area contributed by atoms with Gasteiger partial charge >= 0.3 is 5.97 Å². The molecule has 0 spiro atoms. The van der Waals surface area contributed by atoms with E-state index >= 15 is 0 Å². The zero-order valence-corrected chi connectivity index (χ0v) is 13.4. The highest BCUT2D eigenvalue weighted by Crippen LogP contribution is 2.16. The smallest absolute Gasteiger partial charge is 0.335 e. The van der Waals surface area contributed by atoms with Crippen molar-refractivity contribution in [1.82, 2.24) is 0 Å². The third kappa shape index (κ3) is 4.68. The van der Waals surface area contributed by atoms with Gasteiger partial charge < -0.3 is 9.84 Å². The number of halogens is 1. The molecule has 2 aromatic carbocycles. The van der Waals surface area contributed by atoms with Crippen LogP contribution in [-0.4, -0.2) is 27.6 Å². The third-order valence-corrected chi connectivity index (χ3v) is 4.51.